The molecule has 116 valence electrons. The van der Waals surface area contributed by atoms with Gasteiger partial charge in [0.1, 0.15) is 17.0 Å². The molecule has 0 spiro atoms. The van der Waals surface area contributed by atoms with Gasteiger partial charge in [-0.25, -0.2) is 9.97 Å². The Morgan fingerprint density at radius 3 is 3.14 bits per heavy atom. The summed E-state index contributed by atoms with van der Waals surface area (Å²) in [5.41, 5.74) is 0. The second kappa shape index (κ2) is 7.82. The van der Waals surface area contributed by atoms with Crippen LogP contribution in [0.25, 0.3) is 0 Å². The zero-order valence-corrected chi connectivity index (χ0v) is 13.7. The molecule has 1 atom stereocenters. The summed E-state index contributed by atoms with van der Waals surface area (Å²) in [7, 11) is 0. The smallest absolute Gasteiger partial charge is 0.245 e. The molecule has 1 aliphatic heterocycles. The standard InChI is InChI=1S/C13H19ClN4O2S/c1-3-4-15-12(19)9-8-20-6-5-18(9)11-7-10(14)16-13(17-11)21-2/h7,9H,3-6,8H2,1-2H3,(H,15,19). The molecule has 1 N–H and O–H groups in total. The van der Waals surface area contributed by atoms with Crippen LogP contribution in [0, 0.1) is 0 Å². The van der Waals surface area contributed by atoms with Gasteiger partial charge >= 0.3 is 0 Å². The van der Waals surface area contributed by atoms with Crippen LogP contribution in [0.3, 0.4) is 0 Å². The number of hydrogen-bond donors (Lipinski definition) is 1. The van der Waals surface area contributed by atoms with Gasteiger partial charge in [0.2, 0.25) is 5.91 Å². The van der Waals surface area contributed by atoms with Crippen LogP contribution in [0.4, 0.5) is 5.82 Å². The third-order valence-corrected chi connectivity index (χ3v) is 3.86. The van der Waals surface area contributed by atoms with Gasteiger partial charge in [-0.1, -0.05) is 30.3 Å². The van der Waals surface area contributed by atoms with Crippen LogP contribution >= 0.6 is 23.4 Å². The van der Waals surface area contributed by atoms with Crippen molar-refractivity contribution in [1.29, 1.82) is 0 Å². The van der Waals surface area contributed by atoms with Gasteiger partial charge in [0, 0.05) is 19.2 Å². The topological polar surface area (TPSA) is 67.3 Å². The Morgan fingerprint density at radius 2 is 2.43 bits per heavy atom. The molecular weight excluding hydrogens is 312 g/mol. The van der Waals surface area contributed by atoms with E-state index in [0.29, 0.717) is 42.4 Å². The lowest BCUT2D eigenvalue weighted by atomic mass is 10.2. The quantitative estimate of drug-likeness (QED) is 0.502. The van der Waals surface area contributed by atoms with Crippen molar-refractivity contribution in [2.45, 2.75) is 24.5 Å². The molecule has 1 amide bonds. The SMILES string of the molecule is CCCNC(=O)C1COCCN1c1cc(Cl)nc(SC)n1. The third-order valence-electron chi connectivity index (χ3n) is 3.12. The van der Waals surface area contributed by atoms with Crippen LogP contribution in [0.15, 0.2) is 11.2 Å². The second-order valence-corrected chi connectivity index (χ2v) is 5.77. The minimum atomic E-state index is -0.383. The largest absolute Gasteiger partial charge is 0.377 e. The van der Waals surface area contributed by atoms with E-state index < -0.39 is 0 Å². The first-order valence-electron chi connectivity index (χ1n) is 6.86. The molecular formula is C13H19ClN4O2S. The second-order valence-electron chi connectivity index (χ2n) is 4.61. The van der Waals surface area contributed by atoms with Gasteiger partial charge in [0.05, 0.1) is 13.2 Å². The van der Waals surface area contributed by atoms with Crippen LogP contribution in [0.2, 0.25) is 5.15 Å². The summed E-state index contributed by atoms with van der Waals surface area (Å²) >= 11 is 7.46. The molecule has 0 saturated carbocycles. The van der Waals surface area contributed by atoms with Crippen molar-refractivity contribution in [2.75, 3.05) is 37.5 Å². The molecule has 0 aliphatic carbocycles. The molecule has 0 aromatic carbocycles. The van der Waals surface area contributed by atoms with E-state index in [9.17, 15) is 4.79 Å². The van der Waals surface area contributed by atoms with Crippen molar-refractivity contribution in [3.8, 4) is 0 Å². The van der Waals surface area contributed by atoms with Crippen molar-refractivity contribution in [3.05, 3.63) is 11.2 Å². The summed E-state index contributed by atoms with van der Waals surface area (Å²) in [5.74, 6) is 0.622. The van der Waals surface area contributed by atoms with E-state index in [1.54, 1.807) is 6.07 Å². The molecule has 1 aliphatic rings. The first-order valence-corrected chi connectivity index (χ1v) is 8.46. The number of morpholine rings is 1. The Bertz CT molecular complexity index is 503. The molecule has 6 nitrogen and oxygen atoms in total. The number of nitrogens with zero attached hydrogens (tertiary/aromatic N) is 3. The number of ether oxygens (including phenoxy) is 1. The molecule has 2 rings (SSSR count). The number of anilines is 1. The van der Waals surface area contributed by atoms with E-state index >= 15 is 0 Å². The number of thioether (sulfide) groups is 1. The normalized spacial score (nSPS) is 18.6. The number of halogens is 1. The van der Waals surface area contributed by atoms with Crippen molar-refractivity contribution in [1.82, 2.24) is 15.3 Å². The minimum absolute atomic E-state index is 0.0445. The molecule has 1 fully saturated rings. The molecule has 2 heterocycles. The van der Waals surface area contributed by atoms with Gasteiger partial charge < -0.3 is 15.0 Å². The minimum Gasteiger partial charge on any atom is -0.377 e. The lowest BCUT2D eigenvalue weighted by Gasteiger charge is -2.35. The summed E-state index contributed by atoms with van der Waals surface area (Å²) in [6.45, 7) is 4.19. The predicted octanol–water partition coefficient (Wildman–Crippen LogP) is 1.58. The highest BCUT2D eigenvalue weighted by molar-refractivity contribution is 7.98. The summed E-state index contributed by atoms with van der Waals surface area (Å²) in [5, 5.41) is 3.88. The Morgan fingerprint density at radius 1 is 1.62 bits per heavy atom. The molecule has 1 aromatic rings. The fraction of sp³-hybridized carbons (Fsp3) is 0.615. The van der Waals surface area contributed by atoms with Crippen molar-refractivity contribution < 1.29 is 9.53 Å². The van der Waals surface area contributed by atoms with Crippen LogP contribution in [0.5, 0.6) is 0 Å². The van der Waals surface area contributed by atoms with E-state index in [4.69, 9.17) is 16.3 Å². The summed E-state index contributed by atoms with van der Waals surface area (Å²) in [6.07, 6.45) is 2.79. The van der Waals surface area contributed by atoms with E-state index in [-0.39, 0.29) is 11.9 Å². The fourth-order valence-electron chi connectivity index (χ4n) is 2.08. The van der Waals surface area contributed by atoms with Crippen molar-refractivity contribution in [2.24, 2.45) is 0 Å². The monoisotopic (exact) mass is 330 g/mol. The Hall–Kier alpha value is -1.05. The van der Waals surface area contributed by atoms with Gasteiger partial charge in [-0.15, -0.1) is 0 Å². The number of amides is 1. The molecule has 8 heteroatoms. The van der Waals surface area contributed by atoms with E-state index in [1.165, 1.54) is 11.8 Å². The maximum atomic E-state index is 12.3. The van der Waals surface area contributed by atoms with Crippen LogP contribution < -0.4 is 10.2 Å². The first kappa shape index (κ1) is 16.3. The zero-order chi connectivity index (χ0) is 15.2. The Labute approximate surface area is 133 Å². The van der Waals surface area contributed by atoms with Gasteiger partial charge in [-0.05, 0) is 12.7 Å². The average Bonchev–Trinajstić information content (AvgIpc) is 2.51. The molecule has 0 bridgehead atoms. The van der Waals surface area contributed by atoms with Gasteiger partial charge in [-0.2, -0.15) is 0 Å². The summed E-state index contributed by atoms with van der Waals surface area (Å²) < 4.78 is 5.44. The molecule has 1 aromatic heterocycles. The molecule has 21 heavy (non-hydrogen) atoms. The maximum Gasteiger partial charge on any atom is 0.245 e. The van der Waals surface area contributed by atoms with E-state index in [2.05, 4.69) is 15.3 Å². The number of hydrogen-bond acceptors (Lipinski definition) is 6. The molecule has 0 radical (unpaired) electrons. The molecule has 1 unspecified atom stereocenters. The lowest BCUT2D eigenvalue weighted by Crippen LogP contribution is -2.54. The van der Waals surface area contributed by atoms with Crippen molar-refractivity contribution >= 4 is 35.1 Å². The molecule has 1 saturated heterocycles. The first-order chi connectivity index (χ1) is 10.2. The highest BCUT2D eigenvalue weighted by atomic mass is 35.5. The van der Waals surface area contributed by atoms with E-state index in [1.807, 2.05) is 18.1 Å². The van der Waals surface area contributed by atoms with E-state index in [0.717, 1.165) is 6.42 Å². The average molecular weight is 331 g/mol. The maximum absolute atomic E-state index is 12.3. The number of aromatic nitrogens is 2. The zero-order valence-electron chi connectivity index (χ0n) is 12.1. The Kier molecular flexibility index (Phi) is 6.08. The number of nitrogens with one attached hydrogen (secondary N) is 1. The van der Waals surface area contributed by atoms with Gasteiger partial charge in [0.15, 0.2) is 5.16 Å². The summed E-state index contributed by atoms with van der Waals surface area (Å²) in [6, 6.07) is 1.30. The van der Waals surface area contributed by atoms with Crippen molar-refractivity contribution in [3.63, 3.8) is 0 Å². The number of carbonyl (C=O) groups excluding carboxylic acids is 1. The van der Waals surface area contributed by atoms with Crippen LogP contribution in [0.1, 0.15) is 13.3 Å². The van der Waals surface area contributed by atoms with Gasteiger partial charge in [-0.3, -0.25) is 4.79 Å². The van der Waals surface area contributed by atoms with Gasteiger partial charge in [0.25, 0.3) is 0 Å². The number of carbonyl (C=O) groups is 1. The highest BCUT2D eigenvalue weighted by Crippen LogP contribution is 2.23. The summed E-state index contributed by atoms with van der Waals surface area (Å²) in [4.78, 5) is 22.8. The third kappa shape index (κ3) is 4.21. The highest BCUT2D eigenvalue weighted by Gasteiger charge is 2.30. The Balaban J connectivity index is 2.21. The fourth-order valence-corrected chi connectivity index (χ4v) is 2.69. The number of rotatable bonds is 5. The predicted molar refractivity (Wildman–Crippen MR) is 84.1 cm³/mol. The van der Waals surface area contributed by atoms with Crippen LogP contribution in [-0.4, -0.2) is 54.5 Å². The van der Waals surface area contributed by atoms with Crippen LogP contribution in [-0.2, 0) is 9.53 Å². The lowest BCUT2D eigenvalue weighted by molar-refractivity contribution is -0.124.